The predicted molar refractivity (Wildman–Crippen MR) is 67.4 cm³/mol. The Bertz CT molecular complexity index is 491. The minimum atomic E-state index is 0.764. The van der Waals surface area contributed by atoms with Gasteiger partial charge in [0.05, 0.1) is 0 Å². The van der Waals surface area contributed by atoms with Crippen molar-refractivity contribution in [2.24, 2.45) is 0 Å². The smallest absolute Gasteiger partial charge is 0.207 e. The number of hydrogen-bond acceptors (Lipinski definition) is 2. The number of aromatic nitrogens is 2. The molecule has 84 valence electrons. The summed E-state index contributed by atoms with van der Waals surface area (Å²) in [6, 6.07) is 5.89. The summed E-state index contributed by atoms with van der Waals surface area (Å²) >= 11 is 6.06. The Morgan fingerprint density at radius 1 is 1.44 bits per heavy atom. The van der Waals surface area contributed by atoms with Crippen molar-refractivity contribution in [2.75, 3.05) is 5.32 Å². The van der Waals surface area contributed by atoms with E-state index in [-0.39, 0.29) is 0 Å². The Balaban J connectivity index is 2.24. The molecular weight excluding hydrogens is 222 g/mol. The summed E-state index contributed by atoms with van der Waals surface area (Å²) in [6.45, 7) is 4.95. The van der Waals surface area contributed by atoms with Gasteiger partial charge in [0, 0.05) is 29.6 Å². The molecule has 0 saturated heterocycles. The molecule has 0 bridgehead atoms. The summed E-state index contributed by atoms with van der Waals surface area (Å²) in [4.78, 5) is 4.24. The molecule has 2 aromatic rings. The molecule has 0 atom stereocenters. The number of aryl methyl sites for hydroxylation is 2. The van der Waals surface area contributed by atoms with Crippen LogP contribution in [-0.4, -0.2) is 9.55 Å². The molecule has 1 aromatic heterocycles. The highest BCUT2D eigenvalue weighted by Crippen LogP contribution is 2.22. The van der Waals surface area contributed by atoms with Crippen LogP contribution in [0.4, 0.5) is 11.6 Å². The van der Waals surface area contributed by atoms with Crippen molar-refractivity contribution in [3.05, 3.63) is 41.2 Å². The highest BCUT2D eigenvalue weighted by Gasteiger charge is 2.02. The fraction of sp³-hybridized carbons (Fsp3) is 0.250. The van der Waals surface area contributed by atoms with E-state index in [4.69, 9.17) is 11.6 Å². The van der Waals surface area contributed by atoms with Gasteiger partial charge in [-0.15, -0.1) is 0 Å². The number of anilines is 2. The first kappa shape index (κ1) is 11.0. The molecule has 16 heavy (non-hydrogen) atoms. The standard InChI is InChI=1S/C12H14ClN3/c1-3-16-7-6-14-12(16)15-10-5-4-9(2)11(13)8-10/h4-8H,3H2,1-2H3,(H,14,15). The zero-order valence-electron chi connectivity index (χ0n) is 9.37. The fourth-order valence-corrected chi connectivity index (χ4v) is 1.67. The second-order valence-corrected chi connectivity index (χ2v) is 4.03. The molecule has 0 spiro atoms. The highest BCUT2D eigenvalue weighted by atomic mass is 35.5. The van der Waals surface area contributed by atoms with E-state index in [0.717, 1.165) is 28.8 Å². The molecule has 0 aliphatic heterocycles. The molecule has 3 nitrogen and oxygen atoms in total. The van der Waals surface area contributed by atoms with Gasteiger partial charge in [0.15, 0.2) is 0 Å². The Morgan fingerprint density at radius 2 is 2.25 bits per heavy atom. The van der Waals surface area contributed by atoms with Gasteiger partial charge in [-0.1, -0.05) is 17.7 Å². The molecule has 1 N–H and O–H groups in total. The molecule has 2 rings (SSSR count). The van der Waals surface area contributed by atoms with E-state index in [1.807, 2.05) is 35.9 Å². The third-order valence-electron chi connectivity index (χ3n) is 2.48. The van der Waals surface area contributed by atoms with Crippen LogP contribution in [-0.2, 0) is 6.54 Å². The molecule has 0 saturated carbocycles. The van der Waals surface area contributed by atoms with E-state index in [2.05, 4.69) is 17.2 Å². The maximum atomic E-state index is 6.06. The first-order valence-electron chi connectivity index (χ1n) is 5.25. The summed E-state index contributed by atoms with van der Waals surface area (Å²) in [6.07, 6.45) is 3.72. The van der Waals surface area contributed by atoms with Gasteiger partial charge in [-0.05, 0) is 31.5 Å². The van der Waals surface area contributed by atoms with Gasteiger partial charge in [0.1, 0.15) is 0 Å². The summed E-state index contributed by atoms with van der Waals surface area (Å²) in [5.74, 6) is 0.836. The number of rotatable bonds is 3. The second-order valence-electron chi connectivity index (χ2n) is 3.63. The lowest BCUT2D eigenvalue weighted by Crippen LogP contribution is -2.01. The van der Waals surface area contributed by atoms with E-state index in [0.29, 0.717) is 0 Å². The topological polar surface area (TPSA) is 29.9 Å². The molecule has 0 unspecified atom stereocenters. The van der Waals surface area contributed by atoms with Gasteiger partial charge in [-0.3, -0.25) is 0 Å². The van der Waals surface area contributed by atoms with Crippen LogP contribution in [0.3, 0.4) is 0 Å². The molecule has 0 fully saturated rings. The van der Waals surface area contributed by atoms with Crippen LogP contribution in [0.15, 0.2) is 30.6 Å². The van der Waals surface area contributed by atoms with Gasteiger partial charge in [0.25, 0.3) is 0 Å². The first-order valence-corrected chi connectivity index (χ1v) is 5.63. The normalized spacial score (nSPS) is 10.4. The minimum absolute atomic E-state index is 0.764. The Morgan fingerprint density at radius 3 is 2.94 bits per heavy atom. The van der Waals surface area contributed by atoms with Gasteiger partial charge >= 0.3 is 0 Å². The number of nitrogens with zero attached hydrogens (tertiary/aromatic N) is 2. The van der Waals surface area contributed by atoms with Crippen LogP contribution >= 0.6 is 11.6 Å². The minimum Gasteiger partial charge on any atom is -0.326 e. The fourth-order valence-electron chi connectivity index (χ4n) is 1.49. The molecule has 0 amide bonds. The molecule has 1 heterocycles. The molecule has 0 aliphatic carbocycles. The third-order valence-corrected chi connectivity index (χ3v) is 2.89. The van der Waals surface area contributed by atoms with Crippen molar-refractivity contribution >= 4 is 23.2 Å². The number of nitrogens with one attached hydrogen (secondary N) is 1. The van der Waals surface area contributed by atoms with Gasteiger partial charge in [-0.2, -0.15) is 0 Å². The summed E-state index contributed by atoms with van der Waals surface area (Å²) < 4.78 is 2.04. The summed E-state index contributed by atoms with van der Waals surface area (Å²) in [7, 11) is 0. The van der Waals surface area contributed by atoms with Crippen molar-refractivity contribution in [1.29, 1.82) is 0 Å². The number of hydrogen-bond donors (Lipinski definition) is 1. The second kappa shape index (κ2) is 4.58. The monoisotopic (exact) mass is 235 g/mol. The van der Waals surface area contributed by atoms with E-state index in [9.17, 15) is 0 Å². The average molecular weight is 236 g/mol. The Hall–Kier alpha value is -1.48. The summed E-state index contributed by atoms with van der Waals surface area (Å²) in [5, 5.41) is 4.00. The Kier molecular flexibility index (Phi) is 3.15. The highest BCUT2D eigenvalue weighted by molar-refractivity contribution is 6.31. The quantitative estimate of drug-likeness (QED) is 0.881. The van der Waals surface area contributed by atoms with Crippen LogP contribution in [0.1, 0.15) is 12.5 Å². The van der Waals surface area contributed by atoms with Crippen LogP contribution in [0.2, 0.25) is 5.02 Å². The van der Waals surface area contributed by atoms with Crippen LogP contribution in [0.5, 0.6) is 0 Å². The number of halogens is 1. The van der Waals surface area contributed by atoms with E-state index >= 15 is 0 Å². The predicted octanol–water partition coefficient (Wildman–Crippen LogP) is 3.61. The third kappa shape index (κ3) is 2.19. The maximum absolute atomic E-state index is 6.06. The zero-order chi connectivity index (χ0) is 11.5. The van der Waals surface area contributed by atoms with Gasteiger partial charge < -0.3 is 9.88 Å². The average Bonchev–Trinajstić information content (AvgIpc) is 2.71. The van der Waals surface area contributed by atoms with E-state index < -0.39 is 0 Å². The van der Waals surface area contributed by atoms with Gasteiger partial charge in [-0.25, -0.2) is 4.98 Å². The van der Waals surface area contributed by atoms with Crippen molar-refractivity contribution in [2.45, 2.75) is 20.4 Å². The first-order chi connectivity index (χ1) is 7.70. The lowest BCUT2D eigenvalue weighted by Gasteiger charge is -2.08. The molecule has 4 heteroatoms. The molecular formula is C12H14ClN3. The van der Waals surface area contributed by atoms with Crippen molar-refractivity contribution in [3.8, 4) is 0 Å². The van der Waals surface area contributed by atoms with Crippen LogP contribution < -0.4 is 5.32 Å². The van der Waals surface area contributed by atoms with Crippen molar-refractivity contribution < 1.29 is 0 Å². The van der Waals surface area contributed by atoms with Crippen LogP contribution in [0.25, 0.3) is 0 Å². The van der Waals surface area contributed by atoms with Crippen molar-refractivity contribution in [1.82, 2.24) is 9.55 Å². The maximum Gasteiger partial charge on any atom is 0.207 e. The molecule has 0 aliphatic rings. The number of imidazole rings is 1. The lowest BCUT2D eigenvalue weighted by atomic mass is 10.2. The van der Waals surface area contributed by atoms with Crippen LogP contribution in [0, 0.1) is 6.92 Å². The molecule has 1 aromatic carbocycles. The summed E-state index contributed by atoms with van der Waals surface area (Å²) in [5.41, 5.74) is 2.03. The van der Waals surface area contributed by atoms with Gasteiger partial charge in [0.2, 0.25) is 5.95 Å². The van der Waals surface area contributed by atoms with E-state index in [1.165, 1.54) is 0 Å². The van der Waals surface area contributed by atoms with Crippen molar-refractivity contribution in [3.63, 3.8) is 0 Å². The van der Waals surface area contributed by atoms with E-state index in [1.54, 1.807) is 6.20 Å². The Labute approximate surface area is 100 Å². The largest absolute Gasteiger partial charge is 0.326 e. The number of benzene rings is 1. The SMILES string of the molecule is CCn1ccnc1Nc1ccc(C)c(Cl)c1. The zero-order valence-corrected chi connectivity index (χ0v) is 10.1. The molecule has 0 radical (unpaired) electrons. The lowest BCUT2D eigenvalue weighted by molar-refractivity contribution is 0.772.